The second kappa shape index (κ2) is 5.50. The third-order valence-corrected chi connectivity index (χ3v) is 4.52. The fourth-order valence-corrected chi connectivity index (χ4v) is 3.48. The number of carbonyl (C=O) groups excluding carboxylic acids is 2. The van der Waals surface area contributed by atoms with E-state index in [1.165, 1.54) is 7.11 Å². The quantitative estimate of drug-likeness (QED) is 0.824. The van der Waals surface area contributed by atoms with Crippen molar-refractivity contribution in [2.45, 2.75) is 45.1 Å². The van der Waals surface area contributed by atoms with E-state index in [0.29, 0.717) is 19.4 Å². The van der Waals surface area contributed by atoms with E-state index in [9.17, 15) is 9.59 Å². The van der Waals surface area contributed by atoms with Gasteiger partial charge in [0.15, 0.2) is 0 Å². The van der Waals surface area contributed by atoms with Gasteiger partial charge in [-0.05, 0) is 32.6 Å². The first kappa shape index (κ1) is 14.1. The first-order chi connectivity index (χ1) is 10.1. The monoisotopic (exact) mass is 291 g/mol. The van der Waals surface area contributed by atoms with Crippen LogP contribution < -0.4 is 0 Å². The summed E-state index contributed by atoms with van der Waals surface area (Å²) in [6, 6.07) is -0.396. The SMILES string of the molecule is COC(=O)C1CCCN1C(=O)C1CCc2nc(C)[nH]c2C1. The van der Waals surface area contributed by atoms with Crippen LogP contribution >= 0.6 is 0 Å². The van der Waals surface area contributed by atoms with Gasteiger partial charge in [0.2, 0.25) is 5.91 Å². The van der Waals surface area contributed by atoms with Crippen LogP contribution in [-0.2, 0) is 27.2 Å². The highest BCUT2D eigenvalue weighted by Gasteiger charge is 2.38. The van der Waals surface area contributed by atoms with Crippen LogP contribution in [0.1, 0.15) is 36.5 Å². The van der Waals surface area contributed by atoms with Crippen LogP contribution in [0, 0.1) is 12.8 Å². The number of methoxy groups -OCH3 is 1. The highest BCUT2D eigenvalue weighted by molar-refractivity contribution is 5.86. The second-order valence-corrected chi connectivity index (χ2v) is 5.90. The number of nitrogens with one attached hydrogen (secondary N) is 1. The Morgan fingerprint density at radius 1 is 1.38 bits per heavy atom. The number of likely N-dealkylation sites (tertiary alicyclic amines) is 1. The molecule has 0 aromatic carbocycles. The molecule has 2 atom stereocenters. The fraction of sp³-hybridized carbons (Fsp3) is 0.667. The predicted molar refractivity (Wildman–Crippen MR) is 75.6 cm³/mol. The number of aryl methyl sites for hydroxylation is 2. The maximum atomic E-state index is 12.7. The smallest absolute Gasteiger partial charge is 0.328 e. The van der Waals surface area contributed by atoms with Crippen LogP contribution in [0.3, 0.4) is 0 Å². The van der Waals surface area contributed by atoms with Crippen molar-refractivity contribution in [3.05, 3.63) is 17.2 Å². The van der Waals surface area contributed by atoms with Crippen molar-refractivity contribution in [2.75, 3.05) is 13.7 Å². The molecule has 6 nitrogen and oxygen atoms in total. The Labute approximate surface area is 123 Å². The molecule has 1 amide bonds. The molecule has 1 aromatic rings. The molecule has 1 aliphatic carbocycles. The van der Waals surface area contributed by atoms with Crippen molar-refractivity contribution in [3.63, 3.8) is 0 Å². The Morgan fingerprint density at radius 3 is 2.95 bits per heavy atom. The van der Waals surface area contributed by atoms with Gasteiger partial charge in [0.25, 0.3) is 0 Å². The van der Waals surface area contributed by atoms with Gasteiger partial charge in [-0.1, -0.05) is 0 Å². The van der Waals surface area contributed by atoms with Crippen LogP contribution in [0.4, 0.5) is 0 Å². The summed E-state index contributed by atoms with van der Waals surface area (Å²) in [5.74, 6) is 0.639. The lowest BCUT2D eigenvalue weighted by Gasteiger charge is -2.29. The Morgan fingerprint density at radius 2 is 2.19 bits per heavy atom. The van der Waals surface area contributed by atoms with Crippen molar-refractivity contribution in [1.82, 2.24) is 14.9 Å². The summed E-state index contributed by atoms with van der Waals surface area (Å²) < 4.78 is 4.81. The normalized spacial score (nSPS) is 24.8. The van der Waals surface area contributed by atoms with Crippen molar-refractivity contribution in [1.29, 1.82) is 0 Å². The number of H-pyrrole nitrogens is 1. The number of ether oxygens (including phenoxy) is 1. The molecule has 0 bridgehead atoms. The summed E-state index contributed by atoms with van der Waals surface area (Å²) in [6.45, 7) is 2.59. The summed E-state index contributed by atoms with van der Waals surface area (Å²) in [7, 11) is 1.38. The molecule has 114 valence electrons. The number of esters is 1. The summed E-state index contributed by atoms with van der Waals surface area (Å²) in [6.07, 6.45) is 3.90. The van der Waals surface area contributed by atoms with Crippen molar-refractivity contribution < 1.29 is 14.3 Å². The molecule has 2 heterocycles. The third kappa shape index (κ3) is 2.54. The molecular formula is C15H21N3O3. The van der Waals surface area contributed by atoms with Crippen molar-refractivity contribution in [3.8, 4) is 0 Å². The molecule has 0 spiro atoms. The molecule has 0 saturated carbocycles. The number of amides is 1. The zero-order valence-electron chi connectivity index (χ0n) is 12.5. The van der Waals surface area contributed by atoms with E-state index in [1.54, 1.807) is 4.90 Å². The average Bonchev–Trinajstić information content (AvgIpc) is 3.09. The van der Waals surface area contributed by atoms with Gasteiger partial charge in [0.05, 0.1) is 12.8 Å². The topological polar surface area (TPSA) is 75.3 Å². The lowest BCUT2D eigenvalue weighted by molar-refractivity contribution is -0.152. The van der Waals surface area contributed by atoms with Crippen LogP contribution in [0.5, 0.6) is 0 Å². The van der Waals surface area contributed by atoms with E-state index < -0.39 is 6.04 Å². The number of hydrogen-bond donors (Lipinski definition) is 1. The van der Waals surface area contributed by atoms with Gasteiger partial charge >= 0.3 is 5.97 Å². The molecule has 3 rings (SSSR count). The Hall–Kier alpha value is -1.85. The zero-order chi connectivity index (χ0) is 15.0. The number of imidazole rings is 1. The van der Waals surface area contributed by atoms with Crippen molar-refractivity contribution >= 4 is 11.9 Å². The largest absolute Gasteiger partial charge is 0.467 e. The molecule has 2 unspecified atom stereocenters. The molecule has 1 fully saturated rings. The summed E-state index contributed by atoms with van der Waals surface area (Å²) in [5.41, 5.74) is 2.16. The van der Waals surface area contributed by atoms with E-state index >= 15 is 0 Å². The molecule has 1 aromatic heterocycles. The molecule has 2 aliphatic rings. The standard InChI is InChI=1S/C15H21N3O3/c1-9-16-11-6-5-10(8-12(11)17-9)14(19)18-7-3-4-13(18)15(20)21-2/h10,13H,3-8H2,1-2H3,(H,16,17). The third-order valence-electron chi connectivity index (χ3n) is 4.52. The van der Waals surface area contributed by atoms with Crippen molar-refractivity contribution in [2.24, 2.45) is 5.92 Å². The fourth-order valence-electron chi connectivity index (χ4n) is 3.48. The van der Waals surface area contributed by atoms with Crippen LogP contribution in [-0.4, -0.2) is 46.4 Å². The van der Waals surface area contributed by atoms with Crippen LogP contribution in [0.25, 0.3) is 0 Å². The van der Waals surface area contributed by atoms with E-state index in [4.69, 9.17) is 4.74 Å². The second-order valence-electron chi connectivity index (χ2n) is 5.90. The van der Waals surface area contributed by atoms with Crippen LogP contribution in [0.2, 0.25) is 0 Å². The molecule has 0 radical (unpaired) electrons. The van der Waals surface area contributed by atoms with E-state index in [2.05, 4.69) is 9.97 Å². The number of nitrogens with zero attached hydrogens (tertiary/aromatic N) is 2. The van der Waals surface area contributed by atoms with Gasteiger partial charge in [-0.2, -0.15) is 0 Å². The minimum absolute atomic E-state index is 0.0531. The molecule has 1 aliphatic heterocycles. The van der Waals surface area contributed by atoms with Gasteiger partial charge in [-0.3, -0.25) is 4.79 Å². The Kier molecular flexibility index (Phi) is 3.69. The number of rotatable bonds is 2. The number of carbonyl (C=O) groups is 2. The Bertz CT molecular complexity index is 567. The molecule has 1 saturated heterocycles. The minimum atomic E-state index is -0.396. The predicted octanol–water partition coefficient (Wildman–Crippen LogP) is 0.987. The first-order valence-corrected chi connectivity index (χ1v) is 7.53. The van der Waals surface area contributed by atoms with Gasteiger partial charge in [-0.15, -0.1) is 0 Å². The molecular weight excluding hydrogens is 270 g/mol. The summed E-state index contributed by atoms with van der Waals surface area (Å²) in [4.78, 5) is 33.9. The lowest BCUT2D eigenvalue weighted by atomic mass is 9.88. The lowest BCUT2D eigenvalue weighted by Crippen LogP contribution is -2.45. The summed E-state index contributed by atoms with van der Waals surface area (Å²) >= 11 is 0. The van der Waals surface area contributed by atoms with Crippen LogP contribution in [0.15, 0.2) is 0 Å². The molecule has 1 N–H and O–H groups in total. The van der Waals surface area contributed by atoms with Gasteiger partial charge in [0, 0.05) is 24.6 Å². The zero-order valence-corrected chi connectivity index (χ0v) is 12.5. The van der Waals surface area contributed by atoms with E-state index in [1.807, 2.05) is 6.92 Å². The van der Waals surface area contributed by atoms with Gasteiger partial charge in [0.1, 0.15) is 11.9 Å². The number of aromatic nitrogens is 2. The van der Waals surface area contributed by atoms with Gasteiger partial charge in [-0.25, -0.2) is 9.78 Å². The maximum absolute atomic E-state index is 12.7. The first-order valence-electron chi connectivity index (χ1n) is 7.53. The average molecular weight is 291 g/mol. The van der Waals surface area contributed by atoms with E-state index in [0.717, 1.165) is 36.5 Å². The number of aromatic amines is 1. The maximum Gasteiger partial charge on any atom is 0.328 e. The Balaban J connectivity index is 1.72. The molecule has 21 heavy (non-hydrogen) atoms. The molecule has 6 heteroatoms. The summed E-state index contributed by atoms with van der Waals surface area (Å²) in [5, 5.41) is 0. The highest BCUT2D eigenvalue weighted by Crippen LogP contribution is 2.28. The minimum Gasteiger partial charge on any atom is -0.467 e. The highest BCUT2D eigenvalue weighted by atomic mass is 16.5. The number of fused-ring (bicyclic) bond motifs is 1. The number of hydrogen-bond acceptors (Lipinski definition) is 4. The van der Waals surface area contributed by atoms with Gasteiger partial charge < -0.3 is 14.6 Å². The van der Waals surface area contributed by atoms with E-state index in [-0.39, 0.29) is 17.8 Å².